The van der Waals surface area contributed by atoms with Crippen molar-refractivity contribution in [2.24, 2.45) is 5.92 Å². The molecule has 1 aliphatic carbocycles. The van der Waals surface area contributed by atoms with Crippen LogP contribution in [0, 0.1) is 5.92 Å². The fourth-order valence-electron chi connectivity index (χ4n) is 3.69. The monoisotopic (exact) mass is 371 g/mol. The van der Waals surface area contributed by atoms with Gasteiger partial charge in [-0.3, -0.25) is 4.79 Å². The molecule has 0 spiro atoms. The van der Waals surface area contributed by atoms with Gasteiger partial charge in [0.15, 0.2) is 0 Å². The Morgan fingerprint density at radius 3 is 2.96 bits per heavy atom. The van der Waals surface area contributed by atoms with Gasteiger partial charge >= 0.3 is 0 Å². The Labute approximate surface area is 158 Å². The van der Waals surface area contributed by atoms with Crippen LogP contribution in [0.3, 0.4) is 0 Å². The molecule has 1 saturated heterocycles. The van der Waals surface area contributed by atoms with E-state index in [4.69, 9.17) is 4.74 Å². The number of hydrogen-bond donors (Lipinski definition) is 1. The molecule has 1 atom stereocenters. The summed E-state index contributed by atoms with van der Waals surface area (Å²) in [4.78, 5) is 21.5. The van der Waals surface area contributed by atoms with Crippen LogP contribution in [0.25, 0.3) is 0 Å². The van der Waals surface area contributed by atoms with Crippen LogP contribution in [-0.2, 0) is 17.6 Å². The molecular formula is C20H25N3O2S. The molecule has 1 N–H and O–H groups in total. The van der Waals surface area contributed by atoms with Gasteiger partial charge in [-0.2, -0.15) is 0 Å². The number of thiophene rings is 1. The first kappa shape index (κ1) is 17.5. The third kappa shape index (κ3) is 3.76. The van der Waals surface area contributed by atoms with E-state index in [0.29, 0.717) is 0 Å². The van der Waals surface area contributed by atoms with Gasteiger partial charge in [-0.1, -0.05) is 13.3 Å². The second kappa shape index (κ2) is 7.76. The van der Waals surface area contributed by atoms with Crippen LogP contribution < -0.4 is 10.2 Å². The molecule has 1 fully saturated rings. The molecule has 2 aromatic heterocycles. The van der Waals surface area contributed by atoms with Crippen LogP contribution >= 0.6 is 11.3 Å². The van der Waals surface area contributed by atoms with Crippen molar-refractivity contribution in [1.82, 2.24) is 4.98 Å². The maximum absolute atomic E-state index is 12.6. The molecule has 3 heterocycles. The normalized spacial score (nSPS) is 19.9. The fraction of sp³-hybridized carbons (Fsp3) is 0.500. The number of nitrogens with one attached hydrogen (secondary N) is 1. The number of hydrogen-bond acceptors (Lipinski definition) is 5. The van der Waals surface area contributed by atoms with Crippen molar-refractivity contribution in [2.45, 2.75) is 32.6 Å². The standard InChI is InChI=1S/C20H25N3O2S/c1-2-14-3-5-17-15(11-14)12-18(26-17)20(24)22-16-4-6-19(21-13-16)23-7-9-25-10-8-23/h4,6,12-14H,2-3,5,7-11H2,1H3,(H,22,24)/t14-/m0/s1. The van der Waals surface area contributed by atoms with E-state index >= 15 is 0 Å². The topological polar surface area (TPSA) is 54.5 Å². The summed E-state index contributed by atoms with van der Waals surface area (Å²) < 4.78 is 5.37. The van der Waals surface area contributed by atoms with Crippen LogP contribution in [0.2, 0.25) is 0 Å². The van der Waals surface area contributed by atoms with Gasteiger partial charge in [0.25, 0.3) is 5.91 Å². The molecule has 0 unspecified atom stereocenters. The number of morpholine rings is 1. The Morgan fingerprint density at radius 2 is 2.23 bits per heavy atom. The molecule has 2 aliphatic rings. The lowest BCUT2D eigenvalue weighted by Gasteiger charge is -2.27. The quantitative estimate of drug-likeness (QED) is 0.889. The van der Waals surface area contributed by atoms with Gasteiger partial charge in [0, 0.05) is 18.0 Å². The van der Waals surface area contributed by atoms with E-state index in [9.17, 15) is 4.79 Å². The molecule has 0 bridgehead atoms. The molecular weight excluding hydrogens is 346 g/mol. The van der Waals surface area contributed by atoms with Gasteiger partial charge in [0.1, 0.15) is 5.82 Å². The molecule has 26 heavy (non-hydrogen) atoms. The average molecular weight is 372 g/mol. The zero-order chi connectivity index (χ0) is 17.9. The second-order valence-corrected chi connectivity index (χ2v) is 8.17. The summed E-state index contributed by atoms with van der Waals surface area (Å²) in [7, 11) is 0. The number of nitrogens with zero attached hydrogens (tertiary/aromatic N) is 2. The average Bonchev–Trinajstić information content (AvgIpc) is 3.12. The van der Waals surface area contributed by atoms with Crippen molar-refractivity contribution in [3.63, 3.8) is 0 Å². The number of carbonyl (C=O) groups is 1. The van der Waals surface area contributed by atoms with Gasteiger partial charge in [-0.15, -0.1) is 11.3 Å². The number of anilines is 2. The number of fused-ring (bicyclic) bond motifs is 1. The molecule has 1 amide bonds. The third-order valence-corrected chi connectivity index (χ3v) is 6.56. The number of amides is 1. The van der Waals surface area contributed by atoms with Crippen LogP contribution in [0.4, 0.5) is 11.5 Å². The summed E-state index contributed by atoms with van der Waals surface area (Å²) >= 11 is 1.65. The van der Waals surface area contributed by atoms with E-state index in [1.54, 1.807) is 17.5 Å². The van der Waals surface area contributed by atoms with E-state index in [1.807, 2.05) is 12.1 Å². The molecule has 0 saturated carbocycles. The van der Waals surface area contributed by atoms with Crippen LogP contribution in [0.15, 0.2) is 24.4 Å². The smallest absolute Gasteiger partial charge is 0.265 e. The summed E-state index contributed by atoms with van der Waals surface area (Å²) in [6.45, 7) is 5.45. The van der Waals surface area contributed by atoms with E-state index in [-0.39, 0.29) is 5.91 Å². The minimum Gasteiger partial charge on any atom is -0.378 e. The predicted octanol–water partition coefficient (Wildman–Crippen LogP) is 3.75. The molecule has 4 rings (SSSR count). The van der Waals surface area contributed by atoms with Gasteiger partial charge in [-0.05, 0) is 48.9 Å². The molecule has 2 aromatic rings. The van der Waals surface area contributed by atoms with Crippen molar-refractivity contribution in [1.29, 1.82) is 0 Å². The Bertz CT molecular complexity index is 766. The van der Waals surface area contributed by atoms with Crippen molar-refractivity contribution >= 4 is 28.7 Å². The number of rotatable bonds is 4. The zero-order valence-electron chi connectivity index (χ0n) is 15.2. The summed E-state index contributed by atoms with van der Waals surface area (Å²) in [5.74, 6) is 1.67. The number of carbonyl (C=O) groups excluding carboxylic acids is 1. The highest BCUT2D eigenvalue weighted by molar-refractivity contribution is 7.14. The SMILES string of the molecule is CC[C@H]1CCc2sc(C(=O)Nc3ccc(N4CCOCC4)nc3)cc2C1. The van der Waals surface area contributed by atoms with Crippen LogP contribution in [0.5, 0.6) is 0 Å². The van der Waals surface area contributed by atoms with E-state index in [2.05, 4.69) is 28.2 Å². The summed E-state index contributed by atoms with van der Waals surface area (Å²) in [5.41, 5.74) is 2.11. The number of pyridine rings is 1. The Hall–Kier alpha value is -1.92. The summed E-state index contributed by atoms with van der Waals surface area (Å²) in [5, 5.41) is 2.99. The highest BCUT2D eigenvalue weighted by atomic mass is 32.1. The Kier molecular flexibility index (Phi) is 5.22. The van der Waals surface area contributed by atoms with E-state index in [1.165, 1.54) is 23.3 Å². The first-order valence-corrected chi connectivity index (χ1v) is 10.3. The summed E-state index contributed by atoms with van der Waals surface area (Å²) in [6.07, 6.45) is 6.44. The third-order valence-electron chi connectivity index (χ3n) is 5.33. The molecule has 138 valence electrons. The van der Waals surface area contributed by atoms with E-state index in [0.717, 1.165) is 61.4 Å². The number of aromatic nitrogens is 1. The minimum absolute atomic E-state index is 0.0293. The lowest BCUT2D eigenvalue weighted by atomic mass is 9.87. The molecule has 6 heteroatoms. The van der Waals surface area contributed by atoms with Crippen molar-refractivity contribution < 1.29 is 9.53 Å². The largest absolute Gasteiger partial charge is 0.378 e. The Morgan fingerprint density at radius 1 is 1.38 bits per heavy atom. The zero-order valence-corrected chi connectivity index (χ0v) is 16.0. The van der Waals surface area contributed by atoms with Gasteiger partial charge in [0.05, 0.1) is 30.0 Å². The maximum Gasteiger partial charge on any atom is 0.265 e. The highest BCUT2D eigenvalue weighted by Gasteiger charge is 2.22. The lowest BCUT2D eigenvalue weighted by molar-refractivity contribution is 0.103. The van der Waals surface area contributed by atoms with Crippen molar-refractivity contribution in [3.05, 3.63) is 39.7 Å². The molecule has 5 nitrogen and oxygen atoms in total. The van der Waals surface area contributed by atoms with Gasteiger partial charge in [-0.25, -0.2) is 4.98 Å². The van der Waals surface area contributed by atoms with Crippen molar-refractivity contribution in [3.8, 4) is 0 Å². The first-order chi connectivity index (χ1) is 12.7. The van der Waals surface area contributed by atoms with E-state index < -0.39 is 0 Å². The maximum atomic E-state index is 12.6. The van der Waals surface area contributed by atoms with Crippen LogP contribution in [-0.4, -0.2) is 37.2 Å². The first-order valence-electron chi connectivity index (χ1n) is 9.44. The van der Waals surface area contributed by atoms with Crippen LogP contribution in [0.1, 0.15) is 39.9 Å². The van der Waals surface area contributed by atoms with Crippen molar-refractivity contribution in [2.75, 3.05) is 36.5 Å². The molecule has 0 radical (unpaired) electrons. The molecule has 0 aromatic carbocycles. The number of aryl methyl sites for hydroxylation is 1. The Balaban J connectivity index is 1.41. The summed E-state index contributed by atoms with van der Waals surface area (Å²) in [6, 6.07) is 5.98. The molecule has 1 aliphatic heterocycles. The highest BCUT2D eigenvalue weighted by Crippen LogP contribution is 2.33. The fourth-order valence-corrected chi connectivity index (χ4v) is 4.80. The second-order valence-electron chi connectivity index (χ2n) is 7.03. The predicted molar refractivity (Wildman–Crippen MR) is 105 cm³/mol. The minimum atomic E-state index is -0.0293. The van der Waals surface area contributed by atoms with Gasteiger partial charge < -0.3 is 15.0 Å². The number of ether oxygens (including phenoxy) is 1. The lowest BCUT2D eigenvalue weighted by Crippen LogP contribution is -2.36. The van der Waals surface area contributed by atoms with Gasteiger partial charge in [0.2, 0.25) is 0 Å².